The summed E-state index contributed by atoms with van der Waals surface area (Å²) in [6.07, 6.45) is 0.393. The first kappa shape index (κ1) is 12.8. The largest absolute Gasteiger partial charge is 0.399 e. The number of ketones is 1. The van der Waals surface area contributed by atoms with Gasteiger partial charge in [-0.1, -0.05) is 45.8 Å². The Kier molecular flexibility index (Phi) is 3.82. The van der Waals surface area contributed by atoms with Gasteiger partial charge >= 0.3 is 0 Å². The van der Waals surface area contributed by atoms with Gasteiger partial charge in [-0.15, -0.1) is 0 Å². The van der Waals surface area contributed by atoms with E-state index in [1.54, 1.807) is 18.2 Å². The molecule has 0 unspecified atom stereocenters. The van der Waals surface area contributed by atoms with Crippen LogP contribution in [-0.4, -0.2) is 5.78 Å². The standard InChI is InChI=1S/C15H14BrNO/c1-10-3-2-4-11(7-10)8-15(18)13-9-12(17)5-6-14(13)16/h2-7,9H,8,17H2,1H3. The molecule has 3 heteroatoms. The molecule has 18 heavy (non-hydrogen) atoms. The normalized spacial score (nSPS) is 10.3. The molecule has 0 bridgehead atoms. The van der Waals surface area contributed by atoms with Crippen molar-refractivity contribution in [2.24, 2.45) is 0 Å². The fraction of sp³-hybridized carbons (Fsp3) is 0.133. The van der Waals surface area contributed by atoms with E-state index in [0.29, 0.717) is 17.7 Å². The lowest BCUT2D eigenvalue weighted by atomic mass is 10.0. The third kappa shape index (κ3) is 2.99. The third-order valence-corrected chi connectivity index (χ3v) is 3.43. The lowest BCUT2D eigenvalue weighted by molar-refractivity contribution is 0.0992. The molecular formula is C15H14BrNO. The first-order valence-corrected chi connectivity index (χ1v) is 6.49. The maximum atomic E-state index is 12.2. The number of anilines is 1. The lowest BCUT2D eigenvalue weighted by Crippen LogP contribution is -2.05. The highest BCUT2D eigenvalue weighted by Crippen LogP contribution is 2.21. The maximum absolute atomic E-state index is 12.2. The molecule has 0 amide bonds. The Balaban J connectivity index is 2.24. The van der Waals surface area contributed by atoms with Gasteiger partial charge in [0.1, 0.15) is 0 Å². The van der Waals surface area contributed by atoms with Gasteiger partial charge in [-0.2, -0.15) is 0 Å². The molecule has 0 saturated carbocycles. The molecule has 0 aliphatic heterocycles. The molecule has 2 nitrogen and oxygen atoms in total. The smallest absolute Gasteiger partial charge is 0.168 e. The van der Waals surface area contributed by atoms with Crippen LogP contribution in [0.5, 0.6) is 0 Å². The van der Waals surface area contributed by atoms with Gasteiger partial charge in [0.2, 0.25) is 0 Å². The molecule has 0 saturated heterocycles. The van der Waals surface area contributed by atoms with Gasteiger partial charge in [-0.05, 0) is 30.7 Å². The monoisotopic (exact) mass is 303 g/mol. The molecule has 0 heterocycles. The Hall–Kier alpha value is -1.61. The molecule has 0 atom stereocenters. The lowest BCUT2D eigenvalue weighted by Gasteiger charge is -2.06. The van der Waals surface area contributed by atoms with Crippen LogP contribution >= 0.6 is 15.9 Å². The highest BCUT2D eigenvalue weighted by Gasteiger charge is 2.11. The van der Waals surface area contributed by atoms with Gasteiger partial charge < -0.3 is 5.73 Å². The summed E-state index contributed by atoms with van der Waals surface area (Å²) < 4.78 is 0.786. The number of rotatable bonds is 3. The molecule has 0 radical (unpaired) electrons. The SMILES string of the molecule is Cc1cccc(CC(=O)c2cc(N)ccc2Br)c1. The molecular weight excluding hydrogens is 290 g/mol. The molecule has 2 N–H and O–H groups in total. The van der Waals surface area contributed by atoms with E-state index in [2.05, 4.69) is 15.9 Å². The van der Waals surface area contributed by atoms with Crippen LogP contribution in [-0.2, 0) is 6.42 Å². The number of carbonyl (C=O) groups is 1. The van der Waals surface area contributed by atoms with Crippen molar-refractivity contribution in [3.05, 3.63) is 63.6 Å². The zero-order valence-electron chi connectivity index (χ0n) is 10.1. The second-order valence-corrected chi connectivity index (χ2v) is 5.18. The summed E-state index contributed by atoms with van der Waals surface area (Å²) in [4.78, 5) is 12.2. The molecule has 0 spiro atoms. The quantitative estimate of drug-likeness (QED) is 0.693. The highest BCUT2D eigenvalue weighted by molar-refractivity contribution is 9.10. The topological polar surface area (TPSA) is 43.1 Å². The van der Waals surface area contributed by atoms with Gasteiger partial charge in [0.15, 0.2) is 5.78 Å². The summed E-state index contributed by atoms with van der Waals surface area (Å²) in [6.45, 7) is 2.02. The van der Waals surface area contributed by atoms with Crippen LogP contribution in [0, 0.1) is 6.92 Å². The van der Waals surface area contributed by atoms with Gasteiger partial charge in [0.25, 0.3) is 0 Å². The second-order valence-electron chi connectivity index (χ2n) is 4.33. The Morgan fingerprint density at radius 1 is 1.22 bits per heavy atom. The molecule has 0 fully saturated rings. The van der Waals surface area contributed by atoms with Crippen molar-refractivity contribution in [2.75, 3.05) is 5.73 Å². The van der Waals surface area contributed by atoms with E-state index in [0.717, 1.165) is 15.6 Å². The summed E-state index contributed by atoms with van der Waals surface area (Å²) >= 11 is 3.38. The molecule has 2 rings (SSSR count). The predicted molar refractivity (Wildman–Crippen MR) is 77.8 cm³/mol. The zero-order chi connectivity index (χ0) is 13.1. The Morgan fingerprint density at radius 2 is 2.00 bits per heavy atom. The van der Waals surface area contributed by atoms with E-state index in [1.807, 2.05) is 31.2 Å². The van der Waals surface area contributed by atoms with Crippen molar-refractivity contribution >= 4 is 27.4 Å². The van der Waals surface area contributed by atoms with Crippen LogP contribution in [0.4, 0.5) is 5.69 Å². The van der Waals surface area contributed by atoms with E-state index in [-0.39, 0.29) is 5.78 Å². The molecule has 2 aromatic rings. The first-order chi connectivity index (χ1) is 8.56. The average molecular weight is 304 g/mol. The fourth-order valence-corrected chi connectivity index (χ4v) is 2.33. The van der Waals surface area contributed by atoms with E-state index < -0.39 is 0 Å². The number of Topliss-reactive ketones (excluding diaryl/α,β-unsaturated/α-hetero) is 1. The van der Waals surface area contributed by atoms with Crippen LogP contribution in [0.2, 0.25) is 0 Å². The average Bonchev–Trinajstić information content (AvgIpc) is 2.32. The molecule has 2 aromatic carbocycles. The number of carbonyl (C=O) groups excluding carboxylic acids is 1. The summed E-state index contributed by atoms with van der Waals surface area (Å²) in [5.74, 6) is 0.0692. The van der Waals surface area contributed by atoms with Crippen molar-refractivity contribution in [3.63, 3.8) is 0 Å². The number of hydrogen-bond acceptors (Lipinski definition) is 2. The van der Waals surface area contributed by atoms with Crippen LogP contribution < -0.4 is 5.73 Å². The van der Waals surface area contributed by atoms with Gasteiger partial charge in [0, 0.05) is 22.1 Å². The van der Waals surface area contributed by atoms with Crippen molar-refractivity contribution in [2.45, 2.75) is 13.3 Å². The van der Waals surface area contributed by atoms with Crippen LogP contribution in [0.15, 0.2) is 46.9 Å². The van der Waals surface area contributed by atoms with Crippen LogP contribution in [0.25, 0.3) is 0 Å². The maximum Gasteiger partial charge on any atom is 0.168 e. The number of aryl methyl sites for hydroxylation is 1. The predicted octanol–water partition coefficient (Wildman–Crippen LogP) is 3.77. The van der Waals surface area contributed by atoms with Crippen LogP contribution in [0.1, 0.15) is 21.5 Å². The van der Waals surface area contributed by atoms with Gasteiger partial charge in [-0.25, -0.2) is 0 Å². The number of hydrogen-bond donors (Lipinski definition) is 1. The minimum Gasteiger partial charge on any atom is -0.399 e. The van der Waals surface area contributed by atoms with Gasteiger partial charge in [0.05, 0.1) is 0 Å². The number of nitrogens with two attached hydrogens (primary N) is 1. The first-order valence-electron chi connectivity index (χ1n) is 5.70. The number of nitrogen functional groups attached to an aromatic ring is 1. The van der Waals surface area contributed by atoms with E-state index >= 15 is 0 Å². The summed E-state index contributed by atoms with van der Waals surface area (Å²) in [7, 11) is 0. The molecule has 92 valence electrons. The zero-order valence-corrected chi connectivity index (χ0v) is 11.7. The van der Waals surface area contributed by atoms with Crippen molar-refractivity contribution in [3.8, 4) is 0 Å². The van der Waals surface area contributed by atoms with Crippen molar-refractivity contribution in [1.29, 1.82) is 0 Å². The Bertz CT molecular complexity index is 593. The minimum absolute atomic E-state index is 0.0692. The molecule has 0 aliphatic rings. The van der Waals surface area contributed by atoms with Gasteiger partial charge in [-0.3, -0.25) is 4.79 Å². The van der Waals surface area contributed by atoms with E-state index in [4.69, 9.17) is 5.73 Å². The Labute approximate surface area is 115 Å². The molecule has 0 aliphatic carbocycles. The highest BCUT2D eigenvalue weighted by atomic mass is 79.9. The van der Waals surface area contributed by atoms with E-state index in [9.17, 15) is 4.79 Å². The minimum atomic E-state index is 0.0692. The molecule has 0 aromatic heterocycles. The number of benzene rings is 2. The summed E-state index contributed by atoms with van der Waals surface area (Å²) in [5, 5.41) is 0. The van der Waals surface area contributed by atoms with Crippen molar-refractivity contribution < 1.29 is 4.79 Å². The third-order valence-electron chi connectivity index (χ3n) is 2.74. The fourth-order valence-electron chi connectivity index (χ4n) is 1.86. The second kappa shape index (κ2) is 5.36. The summed E-state index contributed by atoms with van der Waals surface area (Å²) in [5.41, 5.74) is 9.13. The van der Waals surface area contributed by atoms with Crippen LogP contribution in [0.3, 0.4) is 0 Å². The Morgan fingerprint density at radius 3 is 2.72 bits per heavy atom. The van der Waals surface area contributed by atoms with Crippen molar-refractivity contribution in [1.82, 2.24) is 0 Å². The van der Waals surface area contributed by atoms with E-state index in [1.165, 1.54) is 0 Å². The summed E-state index contributed by atoms with van der Waals surface area (Å²) in [6, 6.07) is 13.3. The number of halogens is 1.